The van der Waals surface area contributed by atoms with Gasteiger partial charge < -0.3 is 15.4 Å². The van der Waals surface area contributed by atoms with Crippen LogP contribution in [-0.4, -0.2) is 43.8 Å². The van der Waals surface area contributed by atoms with Crippen molar-refractivity contribution in [1.82, 2.24) is 4.90 Å². The molecule has 0 amide bonds. The zero-order chi connectivity index (χ0) is 13.5. The molecule has 0 unspecified atom stereocenters. The van der Waals surface area contributed by atoms with Gasteiger partial charge in [-0.3, -0.25) is 0 Å². The van der Waals surface area contributed by atoms with Gasteiger partial charge in [0.25, 0.3) is 0 Å². The molecule has 118 valence electrons. The van der Waals surface area contributed by atoms with Gasteiger partial charge in [-0.05, 0) is 44.1 Å². The molecule has 1 saturated carbocycles. The van der Waals surface area contributed by atoms with Gasteiger partial charge in [-0.2, -0.15) is 0 Å². The second-order valence-electron chi connectivity index (χ2n) is 6.30. The Labute approximate surface area is 130 Å². The monoisotopic (exact) mass is 302 g/mol. The maximum absolute atomic E-state index is 6.27. The molecule has 2 fully saturated rings. The second kappa shape index (κ2) is 9.78. The maximum atomic E-state index is 6.27. The van der Waals surface area contributed by atoms with Crippen LogP contribution < -0.4 is 5.73 Å². The lowest BCUT2D eigenvalue weighted by Gasteiger charge is -2.38. The highest BCUT2D eigenvalue weighted by atomic mass is 35.5. The topological polar surface area (TPSA) is 38.5 Å². The average Bonchev–Trinajstić information content (AvgIpc) is 2.42. The van der Waals surface area contributed by atoms with Crippen molar-refractivity contribution >= 4 is 12.4 Å². The number of rotatable bonds is 6. The Hall–Kier alpha value is -0.0900. The van der Waals surface area contributed by atoms with Crippen molar-refractivity contribution in [2.24, 2.45) is 17.6 Å². The van der Waals surface area contributed by atoms with E-state index in [1.165, 1.54) is 58.2 Å². The molecular weight excluding hydrogens is 272 g/mol. The quantitative estimate of drug-likeness (QED) is 0.606. The van der Waals surface area contributed by atoms with Gasteiger partial charge in [0, 0.05) is 19.1 Å². The number of hydrogen-bond acceptors (Lipinski definition) is 3. The van der Waals surface area contributed by atoms with Crippen LogP contribution in [0.4, 0.5) is 0 Å². The lowest BCUT2D eigenvalue weighted by atomic mass is 9.84. The number of nitrogens with two attached hydrogens (primary N) is 1. The number of nitrogens with zero attached hydrogens (tertiary/aromatic N) is 1. The molecule has 0 aromatic rings. The standard InChI is InChI=1S/C16H30N2O.ClH/c1-2-10-19-13-14-6-5-9-18(11-14)12-15-7-3-4-8-16(15)17;/h2,14-16H,1,3-13,17H2;1H/t14-,15-,16+;/m1./s1. The third-order valence-electron chi connectivity index (χ3n) is 4.65. The van der Waals surface area contributed by atoms with Gasteiger partial charge in [0.05, 0.1) is 13.2 Å². The van der Waals surface area contributed by atoms with E-state index in [4.69, 9.17) is 10.5 Å². The van der Waals surface area contributed by atoms with E-state index in [0.717, 1.165) is 12.5 Å². The Kier molecular flexibility index (Phi) is 8.78. The highest BCUT2D eigenvalue weighted by Crippen LogP contribution is 2.26. The SMILES string of the molecule is C=CCOC[C@@H]1CCCN(C[C@H]2CCCC[C@@H]2N)C1.Cl. The summed E-state index contributed by atoms with van der Waals surface area (Å²) in [6.07, 6.45) is 9.71. The van der Waals surface area contributed by atoms with Crippen molar-refractivity contribution in [2.75, 3.05) is 32.8 Å². The van der Waals surface area contributed by atoms with Gasteiger partial charge >= 0.3 is 0 Å². The minimum Gasteiger partial charge on any atom is -0.377 e. The van der Waals surface area contributed by atoms with Gasteiger partial charge in [0.2, 0.25) is 0 Å². The first kappa shape index (κ1) is 18.0. The zero-order valence-corrected chi connectivity index (χ0v) is 13.5. The first-order chi connectivity index (χ1) is 9.29. The summed E-state index contributed by atoms with van der Waals surface area (Å²) in [7, 11) is 0. The van der Waals surface area contributed by atoms with Gasteiger partial charge in [-0.1, -0.05) is 18.9 Å². The Morgan fingerprint density at radius 3 is 2.75 bits per heavy atom. The molecular formula is C16H31ClN2O. The summed E-state index contributed by atoms with van der Waals surface area (Å²) in [6.45, 7) is 8.92. The van der Waals surface area contributed by atoms with Crippen molar-refractivity contribution in [3.05, 3.63) is 12.7 Å². The Balaban J connectivity index is 0.00000200. The minimum atomic E-state index is 0. The third kappa shape index (κ3) is 5.72. The summed E-state index contributed by atoms with van der Waals surface area (Å²) < 4.78 is 5.61. The van der Waals surface area contributed by atoms with E-state index in [-0.39, 0.29) is 12.4 Å². The fourth-order valence-electron chi connectivity index (χ4n) is 3.57. The van der Waals surface area contributed by atoms with E-state index >= 15 is 0 Å². The Bertz CT molecular complexity index is 275. The lowest BCUT2D eigenvalue weighted by Crippen LogP contribution is -2.45. The molecule has 3 nitrogen and oxygen atoms in total. The Morgan fingerprint density at radius 1 is 1.20 bits per heavy atom. The van der Waals surface area contributed by atoms with Crippen molar-refractivity contribution in [2.45, 2.75) is 44.6 Å². The van der Waals surface area contributed by atoms with Crippen LogP contribution in [0.1, 0.15) is 38.5 Å². The third-order valence-corrected chi connectivity index (χ3v) is 4.65. The first-order valence-corrected chi connectivity index (χ1v) is 7.96. The molecule has 1 saturated heterocycles. The first-order valence-electron chi connectivity index (χ1n) is 7.96. The maximum Gasteiger partial charge on any atom is 0.0644 e. The highest BCUT2D eigenvalue weighted by Gasteiger charge is 2.27. The normalized spacial score (nSPS) is 31.6. The predicted molar refractivity (Wildman–Crippen MR) is 87.4 cm³/mol. The number of piperidine rings is 1. The number of likely N-dealkylation sites (tertiary alicyclic amines) is 1. The van der Waals surface area contributed by atoms with Crippen LogP contribution in [0, 0.1) is 11.8 Å². The summed E-state index contributed by atoms with van der Waals surface area (Å²) in [5, 5.41) is 0. The van der Waals surface area contributed by atoms with Crippen LogP contribution in [0.15, 0.2) is 12.7 Å². The molecule has 0 radical (unpaired) electrons. The number of ether oxygens (including phenoxy) is 1. The molecule has 1 aliphatic heterocycles. The van der Waals surface area contributed by atoms with Crippen molar-refractivity contribution in [3.63, 3.8) is 0 Å². The summed E-state index contributed by atoms with van der Waals surface area (Å²) in [4.78, 5) is 2.63. The van der Waals surface area contributed by atoms with Crippen LogP contribution in [0.2, 0.25) is 0 Å². The van der Waals surface area contributed by atoms with E-state index in [1.54, 1.807) is 0 Å². The Morgan fingerprint density at radius 2 is 2.00 bits per heavy atom. The fourth-order valence-corrected chi connectivity index (χ4v) is 3.57. The summed E-state index contributed by atoms with van der Waals surface area (Å²) in [5.41, 5.74) is 6.27. The molecule has 3 atom stereocenters. The van der Waals surface area contributed by atoms with Gasteiger partial charge in [-0.25, -0.2) is 0 Å². The lowest BCUT2D eigenvalue weighted by molar-refractivity contribution is 0.0633. The van der Waals surface area contributed by atoms with E-state index in [1.807, 2.05) is 6.08 Å². The molecule has 2 N–H and O–H groups in total. The van der Waals surface area contributed by atoms with E-state index < -0.39 is 0 Å². The molecule has 1 aliphatic carbocycles. The number of hydrogen-bond donors (Lipinski definition) is 1. The zero-order valence-electron chi connectivity index (χ0n) is 12.6. The van der Waals surface area contributed by atoms with Gasteiger partial charge in [-0.15, -0.1) is 19.0 Å². The van der Waals surface area contributed by atoms with E-state index in [9.17, 15) is 0 Å². The molecule has 1 heterocycles. The van der Waals surface area contributed by atoms with Crippen LogP contribution in [0.3, 0.4) is 0 Å². The molecule has 2 aliphatic rings. The number of halogens is 1. The highest BCUT2D eigenvalue weighted by molar-refractivity contribution is 5.85. The second-order valence-corrected chi connectivity index (χ2v) is 6.30. The molecule has 0 bridgehead atoms. The molecule has 20 heavy (non-hydrogen) atoms. The summed E-state index contributed by atoms with van der Waals surface area (Å²) >= 11 is 0. The van der Waals surface area contributed by atoms with Crippen molar-refractivity contribution in [3.8, 4) is 0 Å². The predicted octanol–water partition coefficient (Wildman–Crippen LogP) is 2.84. The van der Waals surface area contributed by atoms with Crippen LogP contribution in [0.25, 0.3) is 0 Å². The molecule has 0 aromatic carbocycles. The van der Waals surface area contributed by atoms with Crippen LogP contribution >= 0.6 is 12.4 Å². The molecule has 0 spiro atoms. The van der Waals surface area contributed by atoms with Crippen molar-refractivity contribution < 1.29 is 4.74 Å². The minimum absolute atomic E-state index is 0. The summed E-state index contributed by atoms with van der Waals surface area (Å²) in [6, 6.07) is 0.436. The summed E-state index contributed by atoms with van der Waals surface area (Å²) in [5.74, 6) is 1.43. The van der Waals surface area contributed by atoms with Crippen LogP contribution in [0.5, 0.6) is 0 Å². The van der Waals surface area contributed by atoms with Crippen LogP contribution in [-0.2, 0) is 4.74 Å². The molecule has 0 aromatic heterocycles. The smallest absolute Gasteiger partial charge is 0.0644 e. The van der Waals surface area contributed by atoms with E-state index in [0.29, 0.717) is 18.6 Å². The average molecular weight is 303 g/mol. The van der Waals surface area contributed by atoms with Gasteiger partial charge in [0.15, 0.2) is 0 Å². The van der Waals surface area contributed by atoms with Gasteiger partial charge in [0.1, 0.15) is 0 Å². The molecule has 2 rings (SSSR count). The fraction of sp³-hybridized carbons (Fsp3) is 0.875. The van der Waals surface area contributed by atoms with E-state index in [2.05, 4.69) is 11.5 Å². The largest absolute Gasteiger partial charge is 0.377 e. The van der Waals surface area contributed by atoms with Crippen molar-refractivity contribution in [1.29, 1.82) is 0 Å². The molecule has 4 heteroatoms.